The third-order valence-corrected chi connectivity index (χ3v) is 1.93. The van der Waals surface area contributed by atoms with Crippen LogP contribution in [-0.2, 0) is 0 Å². The maximum atomic E-state index is 10.4. The molecule has 4 heteroatoms. The lowest BCUT2D eigenvalue weighted by atomic mass is 10.3. The highest BCUT2D eigenvalue weighted by atomic mass is 16.1. The predicted octanol–water partition coefficient (Wildman–Crippen LogP) is 1.66. The van der Waals surface area contributed by atoms with Crippen molar-refractivity contribution in [3.8, 4) is 11.5 Å². The normalized spacial score (nSPS) is 9.93. The Kier molecular flexibility index (Phi) is 2.49. The molecule has 0 radical (unpaired) electrons. The number of carbonyl (C=O) groups is 1. The lowest BCUT2D eigenvalue weighted by Gasteiger charge is -1.99. The van der Waals surface area contributed by atoms with E-state index in [-0.39, 0.29) is 0 Å². The van der Waals surface area contributed by atoms with Crippen LogP contribution in [0.25, 0.3) is 11.5 Å². The van der Waals surface area contributed by atoms with Crippen LogP contribution >= 0.6 is 0 Å². The Morgan fingerprint density at radius 3 is 2.53 bits per heavy atom. The second-order valence-electron chi connectivity index (χ2n) is 3.12. The molecule has 4 nitrogen and oxygen atoms in total. The van der Waals surface area contributed by atoms with Crippen LogP contribution in [0.1, 0.15) is 16.1 Å². The summed E-state index contributed by atoms with van der Waals surface area (Å²) in [7, 11) is 0. The zero-order chi connectivity index (χ0) is 10.7. The fourth-order valence-corrected chi connectivity index (χ4v) is 1.20. The lowest BCUT2D eigenvalue weighted by Crippen LogP contribution is -1.94. The summed E-state index contributed by atoms with van der Waals surface area (Å²) in [5.74, 6) is 0.532. The molecule has 0 aliphatic carbocycles. The van der Waals surface area contributed by atoms with E-state index in [9.17, 15) is 4.79 Å². The minimum absolute atomic E-state index is 0.464. The summed E-state index contributed by atoms with van der Waals surface area (Å²) in [5.41, 5.74) is 2.09. The number of rotatable bonds is 2. The van der Waals surface area contributed by atoms with Crippen LogP contribution in [0, 0.1) is 6.92 Å². The van der Waals surface area contributed by atoms with Crippen molar-refractivity contribution in [2.24, 2.45) is 0 Å². The molecule has 0 saturated carbocycles. The van der Waals surface area contributed by atoms with Gasteiger partial charge in [-0.25, -0.2) is 15.0 Å². The highest BCUT2D eigenvalue weighted by Crippen LogP contribution is 2.10. The van der Waals surface area contributed by atoms with Gasteiger partial charge in [0, 0.05) is 18.1 Å². The van der Waals surface area contributed by atoms with Gasteiger partial charge in [0.25, 0.3) is 0 Å². The van der Waals surface area contributed by atoms with Gasteiger partial charge < -0.3 is 0 Å². The highest BCUT2D eigenvalue weighted by Gasteiger charge is 2.02. The monoisotopic (exact) mass is 199 g/mol. The summed E-state index contributed by atoms with van der Waals surface area (Å²) in [5, 5.41) is 0. The van der Waals surface area contributed by atoms with E-state index in [1.807, 2.05) is 25.1 Å². The summed E-state index contributed by atoms with van der Waals surface area (Å²) in [6.45, 7) is 1.91. The van der Waals surface area contributed by atoms with Crippen molar-refractivity contribution < 1.29 is 4.79 Å². The molecule has 74 valence electrons. The molecular weight excluding hydrogens is 190 g/mol. The van der Waals surface area contributed by atoms with E-state index in [4.69, 9.17) is 0 Å². The molecule has 0 saturated heterocycles. The molecule has 2 rings (SSSR count). The zero-order valence-corrected chi connectivity index (χ0v) is 8.21. The predicted molar refractivity (Wildman–Crippen MR) is 55.4 cm³/mol. The fourth-order valence-electron chi connectivity index (χ4n) is 1.20. The van der Waals surface area contributed by atoms with Gasteiger partial charge in [0.1, 0.15) is 5.69 Å². The molecule has 0 aliphatic heterocycles. The molecule has 0 aliphatic rings. The van der Waals surface area contributed by atoms with E-state index >= 15 is 0 Å². The Hall–Kier alpha value is -2.10. The van der Waals surface area contributed by atoms with Crippen LogP contribution in [0.15, 0.2) is 30.6 Å². The number of nitrogens with zero attached hydrogens (tertiary/aromatic N) is 3. The highest BCUT2D eigenvalue weighted by molar-refractivity contribution is 5.73. The van der Waals surface area contributed by atoms with E-state index < -0.39 is 0 Å². The van der Waals surface area contributed by atoms with Crippen molar-refractivity contribution in [3.63, 3.8) is 0 Å². The first-order valence-electron chi connectivity index (χ1n) is 4.51. The Labute approximate surface area is 87.0 Å². The minimum atomic E-state index is 0.464. The molecule has 0 aromatic carbocycles. The average molecular weight is 199 g/mol. The molecule has 2 aromatic heterocycles. The lowest BCUT2D eigenvalue weighted by molar-refractivity contribution is 0.112. The molecule has 0 bridgehead atoms. The zero-order valence-electron chi connectivity index (χ0n) is 8.21. The standard InChI is InChI=1S/C11H9N3O/c1-8-3-2-4-10(14-8)11-12-5-9(7-15)6-13-11/h2-7H,1H3. The van der Waals surface area contributed by atoms with Crippen LogP contribution in [0.5, 0.6) is 0 Å². The molecule has 0 N–H and O–H groups in total. The van der Waals surface area contributed by atoms with Gasteiger partial charge in [-0.3, -0.25) is 4.79 Å². The van der Waals surface area contributed by atoms with Crippen molar-refractivity contribution in [3.05, 3.63) is 41.9 Å². The molecular formula is C11H9N3O. The molecule has 0 unspecified atom stereocenters. The van der Waals surface area contributed by atoms with Gasteiger partial charge in [0.05, 0.1) is 5.56 Å². The maximum absolute atomic E-state index is 10.4. The summed E-state index contributed by atoms with van der Waals surface area (Å²) < 4.78 is 0. The van der Waals surface area contributed by atoms with Gasteiger partial charge in [-0.15, -0.1) is 0 Å². The van der Waals surface area contributed by atoms with Crippen molar-refractivity contribution in [1.29, 1.82) is 0 Å². The van der Waals surface area contributed by atoms with Crippen molar-refractivity contribution in [2.45, 2.75) is 6.92 Å². The van der Waals surface area contributed by atoms with E-state index in [1.54, 1.807) is 0 Å². The summed E-state index contributed by atoms with van der Waals surface area (Å²) in [6, 6.07) is 5.64. The SMILES string of the molecule is Cc1cccc(-c2ncc(C=O)cn2)n1. The molecule has 2 aromatic rings. The van der Waals surface area contributed by atoms with Gasteiger partial charge in [-0.1, -0.05) is 6.07 Å². The Morgan fingerprint density at radius 2 is 1.93 bits per heavy atom. The first-order chi connectivity index (χ1) is 7.29. The molecule has 15 heavy (non-hydrogen) atoms. The third kappa shape index (κ3) is 2.04. The van der Waals surface area contributed by atoms with Gasteiger partial charge in [-0.2, -0.15) is 0 Å². The fraction of sp³-hybridized carbons (Fsp3) is 0.0909. The number of pyridine rings is 1. The van der Waals surface area contributed by atoms with Crippen LogP contribution in [0.2, 0.25) is 0 Å². The summed E-state index contributed by atoms with van der Waals surface area (Å²) >= 11 is 0. The maximum Gasteiger partial charge on any atom is 0.178 e. The van der Waals surface area contributed by atoms with Crippen LogP contribution < -0.4 is 0 Å². The number of aldehydes is 1. The molecule has 0 fully saturated rings. The number of aryl methyl sites for hydroxylation is 1. The van der Waals surface area contributed by atoms with Gasteiger partial charge in [-0.05, 0) is 19.1 Å². The quantitative estimate of drug-likeness (QED) is 0.690. The first kappa shape index (κ1) is 9.45. The van der Waals surface area contributed by atoms with Gasteiger partial charge in [0.2, 0.25) is 0 Å². The van der Waals surface area contributed by atoms with E-state index in [2.05, 4.69) is 15.0 Å². The Bertz CT molecular complexity index is 479. The Balaban J connectivity index is 2.41. The molecule has 2 heterocycles. The van der Waals surface area contributed by atoms with E-state index in [1.165, 1.54) is 12.4 Å². The molecule has 0 spiro atoms. The first-order valence-corrected chi connectivity index (χ1v) is 4.51. The van der Waals surface area contributed by atoms with Crippen LogP contribution in [0.3, 0.4) is 0 Å². The largest absolute Gasteiger partial charge is 0.298 e. The van der Waals surface area contributed by atoms with Crippen molar-refractivity contribution in [2.75, 3.05) is 0 Å². The van der Waals surface area contributed by atoms with Crippen molar-refractivity contribution in [1.82, 2.24) is 15.0 Å². The van der Waals surface area contributed by atoms with Crippen LogP contribution in [-0.4, -0.2) is 21.2 Å². The van der Waals surface area contributed by atoms with Crippen LogP contribution in [0.4, 0.5) is 0 Å². The number of carbonyl (C=O) groups excluding carboxylic acids is 1. The second-order valence-corrected chi connectivity index (χ2v) is 3.12. The second kappa shape index (κ2) is 3.96. The summed E-state index contributed by atoms with van der Waals surface area (Å²) in [4.78, 5) is 22.8. The van der Waals surface area contributed by atoms with E-state index in [0.717, 1.165) is 5.69 Å². The smallest absolute Gasteiger partial charge is 0.178 e. The number of aromatic nitrogens is 3. The minimum Gasteiger partial charge on any atom is -0.298 e. The van der Waals surface area contributed by atoms with Gasteiger partial charge in [0.15, 0.2) is 12.1 Å². The number of hydrogen-bond acceptors (Lipinski definition) is 4. The Morgan fingerprint density at radius 1 is 1.20 bits per heavy atom. The van der Waals surface area contributed by atoms with Crippen molar-refractivity contribution >= 4 is 6.29 Å². The average Bonchev–Trinajstić information content (AvgIpc) is 2.29. The molecule has 0 amide bonds. The van der Waals surface area contributed by atoms with Gasteiger partial charge >= 0.3 is 0 Å². The topological polar surface area (TPSA) is 55.7 Å². The number of hydrogen-bond donors (Lipinski definition) is 0. The van der Waals surface area contributed by atoms with E-state index in [0.29, 0.717) is 23.4 Å². The third-order valence-electron chi connectivity index (χ3n) is 1.93. The molecule has 0 atom stereocenters. The summed E-state index contributed by atoms with van der Waals surface area (Å²) in [6.07, 6.45) is 3.69.